The number of aromatic nitrogens is 1. The van der Waals surface area contributed by atoms with Crippen molar-refractivity contribution in [3.63, 3.8) is 0 Å². The third-order valence-electron chi connectivity index (χ3n) is 3.43. The van der Waals surface area contributed by atoms with Gasteiger partial charge in [-0.05, 0) is 38.4 Å². The molecular weight excluding hydrogens is 338 g/mol. The molecule has 0 bridgehead atoms. The van der Waals surface area contributed by atoms with Crippen LogP contribution in [0.25, 0.3) is 11.3 Å². The fraction of sp³-hybridized carbons (Fsp3) is 0.222. The lowest BCUT2D eigenvalue weighted by Gasteiger charge is -2.13. The Balaban J connectivity index is 1.72. The zero-order valence-electron chi connectivity index (χ0n) is 14.1. The maximum Gasteiger partial charge on any atom is 0.293 e. The van der Waals surface area contributed by atoms with Gasteiger partial charge in [-0.1, -0.05) is 12.1 Å². The number of carbonyl (C=O) groups excluding carboxylic acids is 1. The Morgan fingerprint density at radius 3 is 2.88 bits per heavy atom. The highest BCUT2D eigenvalue weighted by Gasteiger charge is 2.14. The normalized spacial score (nSPS) is 10.8. The number of ether oxygens (including phenoxy) is 1. The van der Waals surface area contributed by atoms with E-state index in [2.05, 4.69) is 15.2 Å². The van der Waals surface area contributed by atoms with Gasteiger partial charge in [0.2, 0.25) is 0 Å². The van der Waals surface area contributed by atoms with Gasteiger partial charge in [0.1, 0.15) is 12.4 Å². The standard InChI is InChI=1S/C18H19N3O3S/c1-21(2)9-11-24-15-7-4-3-6-13(15)14-12-25-18(19-14)20-17(22)16-8-5-10-23-16/h3-8,10,12H,9,11H2,1-2H3,(H,19,20,22). The third kappa shape index (κ3) is 4.46. The summed E-state index contributed by atoms with van der Waals surface area (Å²) in [4.78, 5) is 18.6. The van der Waals surface area contributed by atoms with Crippen molar-refractivity contribution < 1.29 is 13.9 Å². The lowest BCUT2D eigenvalue weighted by molar-refractivity contribution is 0.0996. The van der Waals surface area contributed by atoms with E-state index in [1.807, 2.05) is 43.7 Å². The quantitative estimate of drug-likeness (QED) is 0.700. The molecule has 0 fully saturated rings. The van der Waals surface area contributed by atoms with Crippen LogP contribution in [-0.4, -0.2) is 43.0 Å². The van der Waals surface area contributed by atoms with Gasteiger partial charge in [0.25, 0.3) is 5.91 Å². The minimum absolute atomic E-state index is 0.254. The lowest BCUT2D eigenvalue weighted by Crippen LogP contribution is -2.19. The van der Waals surface area contributed by atoms with Crippen molar-refractivity contribution in [3.8, 4) is 17.0 Å². The van der Waals surface area contributed by atoms with E-state index in [-0.39, 0.29) is 11.7 Å². The van der Waals surface area contributed by atoms with Crippen LogP contribution in [0.5, 0.6) is 5.75 Å². The molecule has 1 amide bonds. The summed E-state index contributed by atoms with van der Waals surface area (Å²) in [5.74, 6) is 0.712. The van der Waals surface area contributed by atoms with Gasteiger partial charge in [-0.15, -0.1) is 11.3 Å². The second-order valence-electron chi connectivity index (χ2n) is 5.62. The molecule has 0 atom stereocenters. The van der Waals surface area contributed by atoms with Crippen molar-refractivity contribution in [2.24, 2.45) is 0 Å². The van der Waals surface area contributed by atoms with E-state index >= 15 is 0 Å². The molecule has 1 N–H and O–H groups in total. The van der Waals surface area contributed by atoms with E-state index in [4.69, 9.17) is 9.15 Å². The molecule has 25 heavy (non-hydrogen) atoms. The number of anilines is 1. The Morgan fingerprint density at radius 1 is 1.28 bits per heavy atom. The highest BCUT2D eigenvalue weighted by molar-refractivity contribution is 7.14. The van der Waals surface area contributed by atoms with E-state index in [9.17, 15) is 4.79 Å². The van der Waals surface area contributed by atoms with Gasteiger partial charge in [0, 0.05) is 17.5 Å². The van der Waals surface area contributed by atoms with Gasteiger partial charge >= 0.3 is 0 Å². The predicted octanol–water partition coefficient (Wildman–Crippen LogP) is 3.60. The molecule has 0 aliphatic heterocycles. The van der Waals surface area contributed by atoms with Crippen LogP contribution < -0.4 is 10.1 Å². The van der Waals surface area contributed by atoms with Gasteiger partial charge in [0.05, 0.1) is 12.0 Å². The first kappa shape index (κ1) is 17.2. The van der Waals surface area contributed by atoms with Gasteiger partial charge in [-0.2, -0.15) is 0 Å². The van der Waals surface area contributed by atoms with Crippen LogP contribution in [0.4, 0.5) is 5.13 Å². The number of thiazole rings is 1. The molecule has 2 heterocycles. The second-order valence-corrected chi connectivity index (χ2v) is 6.48. The minimum Gasteiger partial charge on any atom is -0.492 e. The van der Waals surface area contributed by atoms with Gasteiger partial charge in [-0.25, -0.2) is 4.98 Å². The smallest absolute Gasteiger partial charge is 0.293 e. The maximum absolute atomic E-state index is 12.0. The first-order valence-electron chi connectivity index (χ1n) is 7.81. The van der Waals surface area contributed by atoms with Crippen LogP contribution >= 0.6 is 11.3 Å². The van der Waals surface area contributed by atoms with Crippen molar-refractivity contribution >= 4 is 22.4 Å². The Morgan fingerprint density at radius 2 is 2.12 bits per heavy atom. The summed E-state index contributed by atoms with van der Waals surface area (Å²) in [6, 6.07) is 11.0. The summed E-state index contributed by atoms with van der Waals surface area (Å²) in [7, 11) is 4.01. The van der Waals surface area contributed by atoms with E-state index < -0.39 is 0 Å². The molecule has 1 aromatic carbocycles. The van der Waals surface area contributed by atoms with Crippen LogP contribution in [0.1, 0.15) is 10.6 Å². The van der Waals surface area contributed by atoms with Crippen LogP contribution in [0.2, 0.25) is 0 Å². The topological polar surface area (TPSA) is 67.6 Å². The second kappa shape index (κ2) is 7.96. The van der Waals surface area contributed by atoms with Gasteiger partial charge in [0.15, 0.2) is 10.9 Å². The molecule has 2 aromatic heterocycles. The molecule has 0 radical (unpaired) electrons. The number of hydrogen-bond acceptors (Lipinski definition) is 6. The van der Waals surface area contributed by atoms with E-state index in [1.54, 1.807) is 12.1 Å². The van der Waals surface area contributed by atoms with E-state index in [1.165, 1.54) is 17.6 Å². The monoisotopic (exact) mass is 357 g/mol. The van der Waals surface area contributed by atoms with Crippen molar-refractivity contribution in [3.05, 3.63) is 53.8 Å². The van der Waals surface area contributed by atoms with Crippen molar-refractivity contribution in [2.75, 3.05) is 32.6 Å². The van der Waals surface area contributed by atoms with Crippen molar-refractivity contribution in [1.82, 2.24) is 9.88 Å². The number of nitrogens with one attached hydrogen (secondary N) is 1. The average Bonchev–Trinajstić information content (AvgIpc) is 3.26. The van der Waals surface area contributed by atoms with Crippen LogP contribution in [-0.2, 0) is 0 Å². The summed E-state index contributed by atoms with van der Waals surface area (Å²) < 4.78 is 11.0. The maximum atomic E-state index is 12.0. The molecule has 3 rings (SSSR count). The summed E-state index contributed by atoms with van der Waals surface area (Å²) in [6.45, 7) is 1.42. The SMILES string of the molecule is CN(C)CCOc1ccccc1-c1csc(NC(=O)c2ccco2)n1. The van der Waals surface area contributed by atoms with Crippen molar-refractivity contribution in [2.45, 2.75) is 0 Å². The molecule has 0 saturated heterocycles. The summed E-state index contributed by atoms with van der Waals surface area (Å²) in [5, 5.41) is 5.15. The molecule has 6 nitrogen and oxygen atoms in total. The van der Waals surface area contributed by atoms with Crippen molar-refractivity contribution in [1.29, 1.82) is 0 Å². The molecule has 130 valence electrons. The summed E-state index contributed by atoms with van der Waals surface area (Å²) in [5.41, 5.74) is 1.66. The highest BCUT2D eigenvalue weighted by atomic mass is 32.1. The minimum atomic E-state index is -0.318. The lowest BCUT2D eigenvalue weighted by atomic mass is 10.1. The highest BCUT2D eigenvalue weighted by Crippen LogP contribution is 2.32. The molecule has 0 aliphatic carbocycles. The zero-order valence-corrected chi connectivity index (χ0v) is 14.9. The fourth-order valence-electron chi connectivity index (χ4n) is 2.16. The van der Waals surface area contributed by atoms with Gasteiger partial charge in [-0.3, -0.25) is 10.1 Å². The predicted molar refractivity (Wildman–Crippen MR) is 98.3 cm³/mol. The summed E-state index contributed by atoms with van der Waals surface area (Å²) >= 11 is 1.36. The number of nitrogens with zero attached hydrogens (tertiary/aromatic N) is 2. The average molecular weight is 357 g/mol. The molecule has 0 aliphatic rings. The Bertz CT molecular complexity index is 828. The molecular formula is C18H19N3O3S. The number of furan rings is 1. The summed E-state index contributed by atoms with van der Waals surface area (Å²) in [6.07, 6.45) is 1.46. The van der Waals surface area contributed by atoms with Crippen LogP contribution in [0.3, 0.4) is 0 Å². The van der Waals surface area contributed by atoms with Crippen LogP contribution in [0.15, 0.2) is 52.5 Å². The Hall–Kier alpha value is -2.64. The van der Waals surface area contributed by atoms with Gasteiger partial charge < -0.3 is 14.1 Å². The first-order chi connectivity index (χ1) is 12.1. The van der Waals surface area contributed by atoms with E-state index in [0.717, 1.165) is 23.6 Å². The Labute approximate surface area is 150 Å². The molecule has 0 saturated carbocycles. The molecule has 3 aromatic rings. The number of para-hydroxylation sites is 1. The Kier molecular flexibility index (Phi) is 5.47. The fourth-order valence-corrected chi connectivity index (χ4v) is 2.87. The van der Waals surface area contributed by atoms with E-state index in [0.29, 0.717) is 11.7 Å². The zero-order chi connectivity index (χ0) is 17.6. The number of hydrogen-bond donors (Lipinski definition) is 1. The molecule has 0 spiro atoms. The number of likely N-dealkylation sites (N-methyl/N-ethyl adjacent to an activating group) is 1. The van der Waals surface area contributed by atoms with Crippen LogP contribution in [0, 0.1) is 0 Å². The first-order valence-corrected chi connectivity index (χ1v) is 8.69. The largest absolute Gasteiger partial charge is 0.492 e. The number of amides is 1. The molecule has 0 unspecified atom stereocenters. The molecule has 7 heteroatoms. The number of benzene rings is 1. The number of carbonyl (C=O) groups is 1. The number of rotatable bonds is 7. The third-order valence-corrected chi connectivity index (χ3v) is 4.19.